The first kappa shape index (κ1) is 22.3. The molecule has 10 heteroatoms. The van der Waals surface area contributed by atoms with Crippen molar-refractivity contribution in [3.63, 3.8) is 0 Å². The minimum Gasteiger partial charge on any atom is -0.465 e. The summed E-state index contributed by atoms with van der Waals surface area (Å²) in [7, 11) is 1.19. The molecule has 31 heavy (non-hydrogen) atoms. The maximum absolute atomic E-state index is 12.5. The molecule has 0 saturated heterocycles. The lowest BCUT2D eigenvalue weighted by molar-refractivity contribution is -0.116. The Morgan fingerprint density at radius 1 is 1.03 bits per heavy atom. The molecule has 0 unspecified atom stereocenters. The molecule has 0 aliphatic carbocycles. The Morgan fingerprint density at radius 3 is 2.26 bits per heavy atom. The van der Waals surface area contributed by atoms with Gasteiger partial charge in [-0.1, -0.05) is 46.6 Å². The van der Waals surface area contributed by atoms with Gasteiger partial charge in [-0.05, 0) is 29.8 Å². The molecule has 3 rings (SSSR count). The van der Waals surface area contributed by atoms with Crippen LogP contribution in [0.3, 0.4) is 0 Å². The van der Waals surface area contributed by atoms with Crippen LogP contribution in [0.4, 0.5) is 11.6 Å². The Kier molecular flexibility index (Phi) is 6.94. The van der Waals surface area contributed by atoms with Crippen LogP contribution in [0, 0.1) is 0 Å². The summed E-state index contributed by atoms with van der Waals surface area (Å²) in [6, 6.07) is 11.6. The molecule has 3 aromatic rings. The van der Waals surface area contributed by atoms with Crippen LogP contribution < -0.4 is 10.6 Å². The molecule has 0 radical (unpaired) electrons. The van der Waals surface area contributed by atoms with Crippen molar-refractivity contribution in [1.29, 1.82) is 0 Å². The van der Waals surface area contributed by atoms with Gasteiger partial charge in [-0.25, -0.2) is 4.79 Å². The SMILES string of the molecule is COC(=O)c1c(-c2c(Cl)cccc2Cl)noc1NC(=O)Cc1ccc(NC(C)=O)cc1. The molecule has 0 atom stereocenters. The number of ether oxygens (including phenoxy) is 1. The summed E-state index contributed by atoms with van der Waals surface area (Å²) in [6.07, 6.45) is -0.0101. The van der Waals surface area contributed by atoms with E-state index >= 15 is 0 Å². The summed E-state index contributed by atoms with van der Waals surface area (Å²) in [4.78, 5) is 36.0. The van der Waals surface area contributed by atoms with Crippen molar-refractivity contribution in [1.82, 2.24) is 5.16 Å². The zero-order valence-electron chi connectivity index (χ0n) is 16.5. The highest BCUT2D eigenvalue weighted by molar-refractivity contribution is 6.39. The van der Waals surface area contributed by atoms with E-state index in [2.05, 4.69) is 15.8 Å². The van der Waals surface area contributed by atoms with Crippen LogP contribution in [-0.4, -0.2) is 30.1 Å². The van der Waals surface area contributed by atoms with Crippen LogP contribution in [0.25, 0.3) is 11.3 Å². The van der Waals surface area contributed by atoms with Crippen molar-refractivity contribution in [2.45, 2.75) is 13.3 Å². The highest BCUT2D eigenvalue weighted by Crippen LogP contribution is 2.38. The lowest BCUT2D eigenvalue weighted by Crippen LogP contribution is -2.16. The third-order valence-corrected chi connectivity index (χ3v) is 4.80. The predicted molar refractivity (Wildman–Crippen MR) is 116 cm³/mol. The lowest BCUT2D eigenvalue weighted by Gasteiger charge is -2.07. The second kappa shape index (κ2) is 9.63. The van der Waals surface area contributed by atoms with E-state index in [-0.39, 0.29) is 45.1 Å². The first-order chi connectivity index (χ1) is 14.8. The van der Waals surface area contributed by atoms with Gasteiger partial charge in [-0.3, -0.25) is 14.9 Å². The van der Waals surface area contributed by atoms with E-state index in [1.54, 1.807) is 42.5 Å². The van der Waals surface area contributed by atoms with Crippen LogP contribution in [-0.2, 0) is 20.7 Å². The van der Waals surface area contributed by atoms with Crippen LogP contribution >= 0.6 is 23.2 Å². The van der Waals surface area contributed by atoms with Crippen molar-refractivity contribution in [2.75, 3.05) is 17.7 Å². The average Bonchev–Trinajstić information content (AvgIpc) is 3.11. The molecule has 8 nitrogen and oxygen atoms in total. The van der Waals surface area contributed by atoms with Gasteiger partial charge in [0.2, 0.25) is 17.7 Å². The maximum Gasteiger partial charge on any atom is 0.345 e. The fraction of sp³-hybridized carbons (Fsp3) is 0.143. The summed E-state index contributed by atoms with van der Waals surface area (Å²) in [5, 5.41) is 9.55. The second-order valence-electron chi connectivity index (χ2n) is 6.43. The standard InChI is InChI=1S/C21H17Cl2N3O5/c1-11(27)24-13-8-6-12(7-9-13)10-16(28)25-20-18(21(29)30-2)19(26-31-20)17-14(22)4-3-5-15(17)23/h3-9H,10H2,1-2H3,(H,24,27)(H,25,28). The van der Waals surface area contributed by atoms with Crippen LogP contribution in [0.2, 0.25) is 10.0 Å². The molecule has 0 aliphatic heterocycles. The molecule has 0 aliphatic rings. The number of halogens is 2. The molecule has 0 bridgehead atoms. The number of amides is 2. The van der Waals surface area contributed by atoms with E-state index in [0.29, 0.717) is 11.3 Å². The summed E-state index contributed by atoms with van der Waals surface area (Å²) in [5.74, 6) is -1.61. The Bertz CT molecular complexity index is 1120. The highest BCUT2D eigenvalue weighted by atomic mass is 35.5. The molecule has 0 fully saturated rings. The Morgan fingerprint density at radius 2 is 1.68 bits per heavy atom. The van der Waals surface area contributed by atoms with Gasteiger partial charge in [0, 0.05) is 18.2 Å². The Labute approximate surface area is 187 Å². The van der Waals surface area contributed by atoms with Gasteiger partial charge in [0.05, 0.1) is 23.6 Å². The van der Waals surface area contributed by atoms with E-state index in [9.17, 15) is 14.4 Å². The molecule has 2 N–H and O–H groups in total. The van der Waals surface area contributed by atoms with Gasteiger partial charge < -0.3 is 14.6 Å². The van der Waals surface area contributed by atoms with Gasteiger partial charge >= 0.3 is 5.97 Å². The van der Waals surface area contributed by atoms with Gasteiger partial charge in [-0.2, -0.15) is 0 Å². The van der Waals surface area contributed by atoms with Crippen molar-refractivity contribution >= 4 is 52.6 Å². The summed E-state index contributed by atoms with van der Waals surface area (Å²) in [5.41, 5.74) is 1.52. The van der Waals surface area contributed by atoms with E-state index < -0.39 is 11.9 Å². The number of carbonyl (C=O) groups excluding carboxylic acids is 3. The van der Waals surface area contributed by atoms with Crippen LogP contribution in [0.15, 0.2) is 47.0 Å². The topological polar surface area (TPSA) is 111 Å². The number of methoxy groups -OCH3 is 1. The largest absolute Gasteiger partial charge is 0.465 e. The zero-order chi connectivity index (χ0) is 22.5. The number of aromatic nitrogens is 1. The predicted octanol–water partition coefficient (Wildman–Crippen LogP) is 4.57. The van der Waals surface area contributed by atoms with E-state index in [1.165, 1.54) is 14.0 Å². The maximum atomic E-state index is 12.5. The van der Waals surface area contributed by atoms with Gasteiger partial charge in [0.25, 0.3) is 0 Å². The first-order valence-corrected chi connectivity index (χ1v) is 9.74. The molecule has 0 saturated carbocycles. The Hall–Kier alpha value is -3.36. The number of rotatable bonds is 6. The molecule has 2 amide bonds. The Balaban J connectivity index is 1.84. The van der Waals surface area contributed by atoms with Crippen molar-refractivity contribution in [2.24, 2.45) is 0 Å². The number of benzene rings is 2. The molecular weight excluding hydrogens is 445 g/mol. The molecule has 160 valence electrons. The monoisotopic (exact) mass is 461 g/mol. The van der Waals surface area contributed by atoms with Gasteiger partial charge in [-0.15, -0.1) is 0 Å². The summed E-state index contributed by atoms with van der Waals surface area (Å²) < 4.78 is 10.0. The van der Waals surface area contributed by atoms with E-state index in [0.717, 1.165) is 0 Å². The normalized spacial score (nSPS) is 10.5. The number of esters is 1. The van der Waals surface area contributed by atoms with Gasteiger partial charge in [0.1, 0.15) is 5.69 Å². The average molecular weight is 462 g/mol. The third-order valence-electron chi connectivity index (χ3n) is 4.17. The van der Waals surface area contributed by atoms with Crippen molar-refractivity contribution < 1.29 is 23.6 Å². The fourth-order valence-corrected chi connectivity index (χ4v) is 3.40. The number of nitrogens with zero attached hydrogens (tertiary/aromatic N) is 1. The number of nitrogens with one attached hydrogen (secondary N) is 2. The third kappa shape index (κ3) is 5.22. The van der Waals surface area contributed by atoms with Crippen molar-refractivity contribution in [3.05, 3.63) is 63.6 Å². The highest BCUT2D eigenvalue weighted by Gasteiger charge is 2.28. The zero-order valence-corrected chi connectivity index (χ0v) is 18.0. The first-order valence-electron chi connectivity index (χ1n) is 8.99. The molecule has 0 spiro atoms. The minimum atomic E-state index is -0.776. The number of hydrogen-bond donors (Lipinski definition) is 2. The van der Waals surface area contributed by atoms with E-state index in [1.807, 2.05) is 0 Å². The number of carbonyl (C=O) groups is 3. The lowest BCUT2D eigenvalue weighted by atomic mass is 10.1. The quantitative estimate of drug-likeness (QED) is 0.519. The smallest absolute Gasteiger partial charge is 0.345 e. The van der Waals surface area contributed by atoms with Gasteiger partial charge in [0.15, 0.2) is 5.56 Å². The molecule has 2 aromatic carbocycles. The second-order valence-corrected chi connectivity index (χ2v) is 7.24. The number of anilines is 2. The van der Waals surface area contributed by atoms with Crippen LogP contribution in [0.5, 0.6) is 0 Å². The fourth-order valence-electron chi connectivity index (χ4n) is 2.83. The van der Waals surface area contributed by atoms with Crippen LogP contribution in [0.1, 0.15) is 22.8 Å². The van der Waals surface area contributed by atoms with Crippen molar-refractivity contribution in [3.8, 4) is 11.3 Å². The molecule has 1 aromatic heterocycles. The number of hydrogen-bond acceptors (Lipinski definition) is 6. The molecular formula is C21H17Cl2N3O5. The summed E-state index contributed by atoms with van der Waals surface area (Å²) in [6.45, 7) is 1.40. The summed E-state index contributed by atoms with van der Waals surface area (Å²) >= 11 is 12.4. The molecule has 1 heterocycles. The minimum absolute atomic E-state index is 0.0101. The van der Waals surface area contributed by atoms with E-state index in [4.69, 9.17) is 32.5 Å².